The van der Waals surface area contributed by atoms with E-state index in [4.69, 9.17) is 4.74 Å². The molecule has 28 heavy (non-hydrogen) atoms. The van der Waals surface area contributed by atoms with Crippen LogP contribution in [-0.4, -0.2) is 44.7 Å². The Hall–Kier alpha value is -2.86. The van der Waals surface area contributed by atoms with E-state index in [1.165, 1.54) is 0 Å². The molecule has 2 aromatic rings. The molecule has 0 spiro atoms. The van der Waals surface area contributed by atoms with Gasteiger partial charge in [0.25, 0.3) is 0 Å². The van der Waals surface area contributed by atoms with Gasteiger partial charge in [-0.1, -0.05) is 18.2 Å². The van der Waals surface area contributed by atoms with E-state index in [-0.39, 0.29) is 11.8 Å². The van der Waals surface area contributed by atoms with Gasteiger partial charge in [0, 0.05) is 43.1 Å². The smallest absolute Gasteiger partial charge is 0.228 e. The molecular weight excluding hydrogens is 354 g/mol. The van der Waals surface area contributed by atoms with Crippen molar-refractivity contribution in [3.8, 4) is 0 Å². The molecule has 0 bridgehead atoms. The highest BCUT2D eigenvalue weighted by atomic mass is 16.5. The van der Waals surface area contributed by atoms with Crippen molar-refractivity contribution < 1.29 is 14.3 Å². The van der Waals surface area contributed by atoms with Crippen LogP contribution in [0, 0.1) is 0 Å². The van der Waals surface area contributed by atoms with Crippen LogP contribution in [0.4, 0.5) is 17.1 Å². The van der Waals surface area contributed by atoms with E-state index in [9.17, 15) is 9.59 Å². The maximum absolute atomic E-state index is 12.5. The van der Waals surface area contributed by atoms with Crippen molar-refractivity contribution in [1.82, 2.24) is 0 Å². The van der Waals surface area contributed by atoms with Crippen molar-refractivity contribution in [3.05, 3.63) is 54.1 Å². The highest BCUT2D eigenvalue weighted by Crippen LogP contribution is 2.23. The average molecular weight is 379 g/mol. The van der Waals surface area contributed by atoms with Gasteiger partial charge in [-0.2, -0.15) is 0 Å². The number of hydrogen-bond donors (Lipinski definition) is 1. The van der Waals surface area contributed by atoms with E-state index in [0.29, 0.717) is 12.8 Å². The molecular formula is C22H25N3O3. The number of nitrogens with one attached hydrogen (secondary N) is 1. The van der Waals surface area contributed by atoms with E-state index in [0.717, 1.165) is 61.9 Å². The molecule has 6 heteroatoms. The predicted molar refractivity (Wildman–Crippen MR) is 110 cm³/mol. The van der Waals surface area contributed by atoms with Crippen molar-refractivity contribution >= 4 is 28.9 Å². The maximum atomic E-state index is 12.5. The fourth-order valence-corrected chi connectivity index (χ4v) is 3.71. The van der Waals surface area contributed by atoms with Crippen LogP contribution in [-0.2, 0) is 20.7 Å². The largest absolute Gasteiger partial charge is 0.378 e. The molecule has 0 aromatic heterocycles. The van der Waals surface area contributed by atoms with Crippen LogP contribution in [0.2, 0.25) is 0 Å². The van der Waals surface area contributed by atoms with Crippen molar-refractivity contribution in [2.24, 2.45) is 0 Å². The van der Waals surface area contributed by atoms with Crippen LogP contribution in [0.25, 0.3) is 0 Å². The molecule has 2 aliphatic heterocycles. The van der Waals surface area contributed by atoms with E-state index in [1.54, 1.807) is 4.90 Å². The summed E-state index contributed by atoms with van der Waals surface area (Å²) in [5, 5.41) is 2.99. The SMILES string of the molecule is O=C(Cc1ccc(N2CCCC2=O)cc1)Nc1cccc(N2CCOCC2)c1. The van der Waals surface area contributed by atoms with Crippen molar-refractivity contribution in [2.45, 2.75) is 19.3 Å². The standard InChI is InChI=1S/C22H25N3O3/c26-21(15-17-6-8-19(9-7-17)25-10-2-5-22(25)27)23-18-3-1-4-20(16-18)24-11-13-28-14-12-24/h1,3-4,6-9,16H,2,5,10-15H2,(H,23,26). The van der Waals surface area contributed by atoms with Gasteiger partial charge in [0.05, 0.1) is 19.6 Å². The summed E-state index contributed by atoms with van der Waals surface area (Å²) >= 11 is 0. The van der Waals surface area contributed by atoms with Gasteiger partial charge >= 0.3 is 0 Å². The van der Waals surface area contributed by atoms with Crippen LogP contribution in [0.3, 0.4) is 0 Å². The first kappa shape index (κ1) is 18.5. The van der Waals surface area contributed by atoms with E-state index >= 15 is 0 Å². The molecule has 4 rings (SSSR count). The first-order chi connectivity index (χ1) is 13.7. The van der Waals surface area contributed by atoms with Gasteiger partial charge in [0.1, 0.15) is 0 Å². The molecule has 2 heterocycles. The predicted octanol–water partition coefficient (Wildman–Crippen LogP) is 2.83. The number of hydrogen-bond acceptors (Lipinski definition) is 4. The lowest BCUT2D eigenvalue weighted by atomic mass is 10.1. The molecule has 0 unspecified atom stereocenters. The summed E-state index contributed by atoms with van der Waals surface area (Å²) in [6.45, 7) is 3.97. The van der Waals surface area contributed by atoms with Gasteiger partial charge in [0.2, 0.25) is 11.8 Å². The Labute approximate surface area is 165 Å². The number of ether oxygens (including phenoxy) is 1. The third-order valence-electron chi connectivity index (χ3n) is 5.19. The summed E-state index contributed by atoms with van der Waals surface area (Å²) in [7, 11) is 0. The monoisotopic (exact) mass is 379 g/mol. The summed E-state index contributed by atoms with van der Waals surface area (Å²) in [6.07, 6.45) is 1.83. The average Bonchev–Trinajstić information content (AvgIpc) is 3.15. The zero-order valence-corrected chi connectivity index (χ0v) is 15.9. The highest BCUT2D eigenvalue weighted by Gasteiger charge is 2.21. The van der Waals surface area contributed by atoms with Crippen LogP contribution in [0.15, 0.2) is 48.5 Å². The lowest BCUT2D eigenvalue weighted by Gasteiger charge is -2.29. The van der Waals surface area contributed by atoms with Gasteiger partial charge < -0.3 is 19.9 Å². The molecule has 0 aliphatic carbocycles. The maximum Gasteiger partial charge on any atom is 0.228 e. The number of amides is 2. The molecule has 2 fully saturated rings. The van der Waals surface area contributed by atoms with Crippen molar-refractivity contribution in [1.29, 1.82) is 0 Å². The van der Waals surface area contributed by atoms with Crippen LogP contribution < -0.4 is 15.1 Å². The third kappa shape index (κ3) is 4.34. The fraction of sp³-hybridized carbons (Fsp3) is 0.364. The van der Waals surface area contributed by atoms with Crippen LogP contribution >= 0.6 is 0 Å². The second-order valence-electron chi connectivity index (χ2n) is 7.19. The molecule has 0 atom stereocenters. The number of morpholine rings is 1. The minimum atomic E-state index is -0.0517. The van der Waals surface area contributed by atoms with Crippen molar-refractivity contribution in [2.75, 3.05) is 48.0 Å². The normalized spacial score (nSPS) is 17.1. The minimum absolute atomic E-state index is 0.0517. The second kappa shape index (κ2) is 8.44. The van der Waals surface area contributed by atoms with Gasteiger partial charge in [0.15, 0.2) is 0 Å². The Balaban J connectivity index is 1.36. The van der Waals surface area contributed by atoms with Gasteiger partial charge in [-0.05, 0) is 42.3 Å². The van der Waals surface area contributed by atoms with Gasteiger partial charge in [-0.15, -0.1) is 0 Å². The zero-order valence-electron chi connectivity index (χ0n) is 15.9. The topological polar surface area (TPSA) is 61.9 Å². The Morgan fingerprint density at radius 2 is 1.79 bits per heavy atom. The number of benzene rings is 2. The molecule has 2 aromatic carbocycles. The van der Waals surface area contributed by atoms with Gasteiger partial charge in [-0.3, -0.25) is 9.59 Å². The summed E-state index contributed by atoms with van der Waals surface area (Å²) in [5.74, 6) is 0.120. The summed E-state index contributed by atoms with van der Waals surface area (Å²) in [6, 6.07) is 15.6. The highest BCUT2D eigenvalue weighted by molar-refractivity contribution is 5.95. The number of rotatable bonds is 5. The number of carbonyl (C=O) groups excluding carboxylic acids is 2. The molecule has 1 N–H and O–H groups in total. The van der Waals surface area contributed by atoms with Gasteiger partial charge in [-0.25, -0.2) is 0 Å². The van der Waals surface area contributed by atoms with E-state index in [1.807, 2.05) is 42.5 Å². The van der Waals surface area contributed by atoms with Crippen LogP contribution in [0.1, 0.15) is 18.4 Å². The third-order valence-corrected chi connectivity index (χ3v) is 5.19. The first-order valence-corrected chi connectivity index (χ1v) is 9.81. The second-order valence-corrected chi connectivity index (χ2v) is 7.19. The summed E-state index contributed by atoms with van der Waals surface area (Å²) < 4.78 is 5.40. The first-order valence-electron chi connectivity index (χ1n) is 9.81. The molecule has 0 radical (unpaired) electrons. The van der Waals surface area contributed by atoms with Crippen LogP contribution in [0.5, 0.6) is 0 Å². The Kier molecular flexibility index (Phi) is 5.58. The van der Waals surface area contributed by atoms with Crippen molar-refractivity contribution in [3.63, 3.8) is 0 Å². The molecule has 0 saturated carbocycles. The van der Waals surface area contributed by atoms with E-state index in [2.05, 4.69) is 16.3 Å². The number of anilines is 3. The zero-order chi connectivity index (χ0) is 19.3. The Morgan fingerprint density at radius 1 is 1.00 bits per heavy atom. The lowest BCUT2D eigenvalue weighted by molar-refractivity contribution is -0.117. The Morgan fingerprint density at radius 3 is 2.50 bits per heavy atom. The molecule has 2 saturated heterocycles. The summed E-state index contributed by atoms with van der Waals surface area (Å²) in [4.78, 5) is 28.4. The quantitative estimate of drug-likeness (QED) is 0.868. The molecule has 2 amide bonds. The summed E-state index contributed by atoms with van der Waals surface area (Å²) in [5.41, 5.74) is 3.73. The number of carbonyl (C=O) groups is 2. The van der Waals surface area contributed by atoms with E-state index < -0.39 is 0 Å². The lowest BCUT2D eigenvalue weighted by Crippen LogP contribution is -2.36. The fourth-order valence-electron chi connectivity index (χ4n) is 3.71. The molecule has 146 valence electrons. The number of nitrogens with zero attached hydrogens (tertiary/aromatic N) is 2. The molecule has 2 aliphatic rings. The molecule has 6 nitrogen and oxygen atoms in total. The Bertz CT molecular complexity index is 844. The minimum Gasteiger partial charge on any atom is -0.378 e.